The third-order valence-electron chi connectivity index (χ3n) is 3.28. The van der Waals surface area contributed by atoms with Crippen molar-refractivity contribution in [2.45, 2.75) is 11.8 Å². The van der Waals surface area contributed by atoms with Crippen LogP contribution >= 0.6 is 27.3 Å². The highest BCUT2D eigenvalue weighted by Crippen LogP contribution is 2.31. The summed E-state index contributed by atoms with van der Waals surface area (Å²) in [5, 5.41) is 10.1. The Morgan fingerprint density at radius 1 is 1.24 bits per heavy atom. The van der Waals surface area contributed by atoms with Crippen molar-refractivity contribution in [2.24, 2.45) is 0 Å². The van der Waals surface area contributed by atoms with Crippen molar-refractivity contribution < 1.29 is 17.6 Å². The first-order valence-electron chi connectivity index (χ1n) is 7.13. The third-order valence-corrected chi connectivity index (χ3v) is 6.67. The predicted molar refractivity (Wildman–Crippen MR) is 97.4 cm³/mol. The van der Waals surface area contributed by atoms with Crippen LogP contribution in [0.4, 0.5) is 6.01 Å². The number of amides is 1. The molecule has 0 fully saturated rings. The molecule has 0 atom stereocenters. The van der Waals surface area contributed by atoms with Gasteiger partial charge in [0.2, 0.25) is 0 Å². The Kier molecular flexibility index (Phi) is 5.02. The molecular weight excluding hydrogens is 430 g/mol. The highest BCUT2D eigenvalue weighted by Gasteiger charge is 2.22. The van der Waals surface area contributed by atoms with Crippen molar-refractivity contribution in [3.05, 3.63) is 45.7 Å². The number of anilines is 1. The second-order valence-corrected chi connectivity index (χ2v) is 9.58. The zero-order chi connectivity index (χ0) is 18.0. The molecule has 1 aromatic carbocycles. The Morgan fingerprint density at radius 2 is 2.00 bits per heavy atom. The molecule has 3 aromatic rings. The lowest BCUT2D eigenvalue weighted by atomic mass is 10.2. The van der Waals surface area contributed by atoms with Gasteiger partial charge in [0, 0.05) is 0 Å². The second kappa shape index (κ2) is 7.06. The summed E-state index contributed by atoms with van der Waals surface area (Å²) in [7, 11) is -3.53. The molecule has 0 aliphatic heterocycles. The highest BCUT2D eigenvalue weighted by atomic mass is 79.9. The van der Waals surface area contributed by atoms with E-state index >= 15 is 0 Å². The van der Waals surface area contributed by atoms with E-state index in [-0.39, 0.29) is 28.1 Å². The van der Waals surface area contributed by atoms with Gasteiger partial charge in [-0.1, -0.05) is 24.2 Å². The summed E-state index contributed by atoms with van der Waals surface area (Å²) in [5.41, 5.74) is 0.0305. The van der Waals surface area contributed by atoms with Crippen molar-refractivity contribution in [1.82, 2.24) is 10.2 Å². The molecule has 0 aliphatic rings. The highest BCUT2D eigenvalue weighted by molar-refractivity contribution is 9.11. The molecule has 0 radical (unpaired) electrons. The number of nitrogens with one attached hydrogen (secondary N) is 1. The van der Waals surface area contributed by atoms with Gasteiger partial charge in [0.1, 0.15) is 0 Å². The monoisotopic (exact) mass is 441 g/mol. The molecule has 2 aromatic heterocycles. The molecule has 1 amide bonds. The van der Waals surface area contributed by atoms with E-state index in [0.717, 1.165) is 8.66 Å². The van der Waals surface area contributed by atoms with Gasteiger partial charge in [0.15, 0.2) is 9.84 Å². The fourth-order valence-corrected chi connectivity index (χ4v) is 4.45. The van der Waals surface area contributed by atoms with E-state index in [1.807, 2.05) is 6.07 Å². The lowest BCUT2D eigenvalue weighted by Gasteiger charge is -2.07. The van der Waals surface area contributed by atoms with Crippen molar-refractivity contribution in [3.8, 4) is 10.8 Å². The van der Waals surface area contributed by atoms with Gasteiger partial charge in [-0.3, -0.25) is 10.1 Å². The topological polar surface area (TPSA) is 102 Å². The van der Waals surface area contributed by atoms with Crippen molar-refractivity contribution in [2.75, 3.05) is 11.1 Å². The van der Waals surface area contributed by atoms with Crippen LogP contribution in [0.5, 0.6) is 0 Å². The van der Waals surface area contributed by atoms with Gasteiger partial charge in [-0.15, -0.1) is 16.4 Å². The summed E-state index contributed by atoms with van der Waals surface area (Å²) in [6.45, 7) is 1.52. The standard InChI is InChI=1S/C15H12BrN3O4S2/c1-2-25(21,22)11-6-4-3-5-9(11)13(20)17-15-19-18-14(23-15)10-7-8-12(16)24-10/h3-8H,2H2,1H3,(H,17,19,20). The lowest BCUT2D eigenvalue weighted by Crippen LogP contribution is -2.17. The Balaban J connectivity index is 1.86. The second-order valence-electron chi connectivity index (χ2n) is 4.87. The Bertz CT molecular complexity index is 1030. The Hall–Kier alpha value is -2.04. The maximum Gasteiger partial charge on any atom is 0.322 e. The van der Waals surface area contributed by atoms with Crippen LogP contribution in [0.25, 0.3) is 10.8 Å². The summed E-state index contributed by atoms with van der Waals surface area (Å²) in [6, 6.07) is 9.53. The summed E-state index contributed by atoms with van der Waals surface area (Å²) in [6.07, 6.45) is 0. The van der Waals surface area contributed by atoms with Crippen LogP contribution in [0.1, 0.15) is 17.3 Å². The minimum Gasteiger partial charge on any atom is -0.402 e. The van der Waals surface area contributed by atoms with Gasteiger partial charge in [0.05, 0.1) is 24.9 Å². The zero-order valence-electron chi connectivity index (χ0n) is 12.9. The third kappa shape index (κ3) is 3.80. The average molecular weight is 442 g/mol. The van der Waals surface area contributed by atoms with E-state index in [9.17, 15) is 13.2 Å². The molecular formula is C15H12BrN3O4S2. The van der Waals surface area contributed by atoms with Crippen molar-refractivity contribution in [3.63, 3.8) is 0 Å². The number of aromatic nitrogens is 2. The molecule has 0 bridgehead atoms. The number of rotatable bonds is 5. The molecule has 7 nitrogen and oxygen atoms in total. The molecule has 1 N–H and O–H groups in total. The van der Waals surface area contributed by atoms with Crippen LogP contribution < -0.4 is 5.32 Å². The van der Waals surface area contributed by atoms with Crippen LogP contribution in [0.3, 0.4) is 0 Å². The molecule has 3 rings (SSSR count). The van der Waals surface area contributed by atoms with Gasteiger partial charge in [-0.05, 0) is 40.2 Å². The Morgan fingerprint density at radius 3 is 2.68 bits per heavy atom. The number of thiophene rings is 1. The lowest BCUT2D eigenvalue weighted by molar-refractivity contribution is 0.102. The van der Waals surface area contributed by atoms with E-state index in [1.165, 1.54) is 30.4 Å². The van der Waals surface area contributed by atoms with Crippen LogP contribution in [0.15, 0.2) is 49.5 Å². The normalized spacial score (nSPS) is 11.4. The summed E-state index contributed by atoms with van der Waals surface area (Å²) in [5.74, 6) is -0.467. The fourth-order valence-electron chi connectivity index (χ4n) is 2.05. The summed E-state index contributed by atoms with van der Waals surface area (Å²) >= 11 is 4.75. The maximum absolute atomic E-state index is 12.4. The van der Waals surface area contributed by atoms with Crippen molar-refractivity contribution in [1.29, 1.82) is 0 Å². The zero-order valence-corrected chi connectivity index (χ0v) is 16.1. The van der Waals surface area contributed by atoms with Crippen LogP contribution in [0, 0.1) is 0 Å². The smallest absolute Gasteiger partial charge is 0.322 e. The first-order chi connectivity index (χ1) is 11.9. The number of hydrogen-bond acceptors (Lipinski definition) is 7. The van der Waals surface area contributed by atoms with Crippen molar-refractivity contribution >= 4 is 49.0 Å². The number of carbonyl (C=O) groups excluding carboxylic acids is 1. The van der Waals surface area contributed by atoms with E-state index in [4.69, 9.17) is 4.42 Å². The molecule has 0 unspecified atom stereocenters. The molecule has 10 heteroatoms. The molecule has 0 saturated carbocycles. The Labute approximate surface area is 156 Å². The number of benzene rings is 1. The minimum absolute atomic E-state index is 0.0305. The van der Waals surface area contributed by atoms with Gasteiger partial charge < -0.3 is 4.42 Å². The van der Waals surface area contributed by atoms with Gasteiger partial charge in [0.25, 0.3) is 11.8 Å². The van der Waals surface area contributed by atoms with Gasteiger partial charge in [-0.25, -0.2) is 8.42 Å². The first-order valence-corrected chi connectivity index (χ1v) is 10.4. The fraction of sp³-hybridized carbons (Fsp3) is 0.133. The SMILES string of the molecule is CCS(=O)(=O)c1ccccc1C(=O)Nc1nnc(-c2ccc(Br)s2)o1. The number of nitrogens with zero attached hydrogens (tertiary/aromatic N) is 2. The first kappa shape index (κ1) is 17.8. The number of hydrogen-bond donors (Lipinski definition) is 1. The number of halogens is 1. The average Bonchev–Trinajstić information content (AvgIpc) is 3.23. The molecule has 130 valence electrons. The molecule has 25 heavy (non-hydrogen) atoms. The number of sulfone groups is 1. The predicted octanol–water partition coefficient (Wildman–Crippen LogP) is 3.61. The van der Waals surface area contributed by atoms with Gasteiger partial charge in [-0.2, -0.15) is 0 Å². The molecule has 0 aliphatic carbocycles. The molecule has 0 spiro atoms. The van der Waals surface area contributed by atoms with E-state index in [0.29, 0.717) is 0 Å². The van der Waals surface area contributed by atoms with Crippen LogP contribution in [-0.2, 0) is 9.84 Å². The summed E-state index contributed by atoms with van der Waals surface area (Å²) in [4.78, 5) is 13.2. The minimum atomic E-state index is -3.53. The number of carbonyl (C=O) groups is 1. The van der Waals surface area contributed by atoms with E-state index < -0.39 is 15.7 Å². The van der Waals surface area contributed by atoms with Crippen LogP contribution in [-0.4, -0.2) is 30.3 Å². The van der Waals surface area contributed by atoms with E-state index in [2.05, 4.69) is 31.4 Å². The largest absolute Gasteiger partial charge is 0.402 e. The molecule has 2 heterocycles. The summed E-state index contributed by atoms with van der Waals surface area (Å²) < 4.78 is 30.6. The van der Waals surface area contributed by atoms with E-state index in [1.54, 1.807) is 18.2 Å². The molecule has 0 saturated heterocycles. The quantitative estimate of drug-likeness (QED) is 0.648. The van der Waals surface area contributed by atoms with Crippen LogP contribution in [0.2, 0.25) is 0 Å². The van der Waals surface area contributed by atoms with Gasteiger partial charge >= 0.3 is 6.01 Å². The maximum atomic E-state index is 12.4.